The number of hydrogen-bond donors (Lipinski definition) is 0. The molecule has 6 nitrogen and oxygen atoms in total. The van der Waals surface area contributed by atoms with Crippen LogP contribution >= 0.6 is 11.6 Å². The largest absolute Gasteiger partial charge is 0.307 e. The summed E-state index contributed by atoms with van der Waals surface area (Å²) in [6.45, 7) is 0.318. The van der Waals surface area contributed by atoms with E-state index in [1.807, 2.05) is 6.07 Å². The Morgan fingerprint density at radius 3 is 2.89 bits per heavy atom. The third-order valence-corrected chi connectivity index (χ3v) is 2.70. The SMILES string of the molecule is N#Cc1ccc(Cn2cc([N+](=O)[O-])cn2)c(Cl)c1. The van der Waals surface area contributed by atoms with E-state index in [9.17, 15) is 10.1 Å². The maximum absolute atomic E-state index is 10.5. The van der Waals surface area contributed by atoms with E-state index in [0.29, 0.717) is 17.1 Å². The van der Waals surface area contributed by atoms with Crippen LogP contribution in [0.1, 0.15) is 11.1 Å². The topological polar surface area (TPSA) is 84.8 Å². The van der Waals surface area contributed by atoms with Crippen LogP contribution < -0.4 is 0 Å². The average Bonchev–Trinajstić information content (AvgIpc) is 2.80. The molecule has 0 atom stereocenters. The van der Waals surface area contributed by atoms with E-state index >= 15 is 0 Å². The molecule has 0 aliphatic carbocycles. The predicted octanol–water partition coefficient (Wildman–Crippen LogP) is 2.36. The van der Waals surface area contributed by atoms with Crippen molar-refractivity contribution in [3.63, 3.8) is 0 Å². The molecule has 90 valence electrons. The first-order valence-corrected chi connectivity index (χ1v) is 5.33. The zero-order valence-electron chi connectivity index (χ0n) is 9.08. The highest BCUT2D eigenvalue weighted by atomic mass is 35.5. The van der Waals surface area contributed by atoms with Crippen molar-refractivity contribution in [1.82, 2.24) is 9.78 Å². The lowest BCUT2D eigenvalue weighted by atomic mass is 10.1. The summed E-state index contributed by atoms with van der Waals surface area (Å²) < 4.78 is 1.42. The van der Waals surface area contributed by atoms with Crippen LogP contribution in [-0.4, -0.2) is 14.7 Å². The number of halogens is 1. The molecule has 0 radical (unpaired) electrons. The Labute approximate surface area is 107 Å². The van der Waals surface area contributed by atoms with Crippen molar-refractivity contribution in [1.29, 1.82) is 5.26 Å². The van der Waals surface area contributed by atoms with Gasteiger partial charge in [-0.1, -0.05) is 17.7 Å². The molecule has 0 aliphatic heterocycles. The fourth-order valence-corrected chi connectivity index (χ4v) is 1.69. The minimum Gasteiger partial charge on any atom is -0.261 e. The second-order valence-corrected chi connectivity index (χ2v) is 3.98. The smallest absolute Gasteiger partial charge is 0.261 e. The summed E-state index contributed by atoms with van der Waals surface area (Å²) in [6.07, 6.45) is 2.51. The zero-order valence-corrected chi connectivity index (χ0v) is 9.83. The van der Waals surface area contributed by atoms with E-state index in [1.165, 1.54) is 17.1 Å². The molecule has 2 aromatic rings. The van der Waals surface area contributed by atoms with E-state index in [1.54, 1.807) is 18.2 Å². The van der Waals surface area contributed by atoms with Crippen LogP contribution in [0.2, 0.25) is 5.02 Å². The summed E-state index contributed by atoms with van der Waals surface area (Å²) in [6, 6.07) is 6.87. The first-order valence-electron chi connectivity index (χ1n) is 4.95. The number of benzene rings is 1. The molecule has 1 aromatic heterocycles. The number of aromatic nitrogens is 2. The van der Waals surface area contributed by atoms with Crippen LogP contribution in [0.15, 0.2) is 30.6 Å². The highest BCUT2D eigenvalue weighted by molar-refractivity contribution is 6.31. The van der Waals surface area contributed by atoms with Gasteiger partial charge in [0, 0.05) is 5.02 Å². The molecule has 2 rings (SSSR count). The standard InChI is InChI=1S/C11H7ClN4O2/c12-11-3-8(4-13)1-2-9(11)6-15-7-10(5-14-15)16(17)18/h1-3,5,7H,6H2. The van der Waals surface area contributed by atoms with Gasteiger partial charge in [-0.15, -0.1) is 0 Å². The molecule has 7 heteroatoms. The Morgan fingerprint density at radius 1 is 1.56 bits per heavy atom. The summed E-state index contributed by atoms with van der Waals surface area (Å²) in [4.78, 5) is 10.00. The van der Waals surface area contributed by atoms with Crippen molar-refractivity contribution in [2.24, 2.45) is 0 Å². The molecule has 1 heterocycles. The summed E-state index contributed by atoms with van der Waals surface area (Å²) in [5.41, 5.74) is 1.14. The third kappa shape index (κ3) is 2.47. The molecular weight excluding hydrogens is 256 g/mol. The lowest BCUT2D eigenvalue weighted by Crippen LogP contribution is -2.00. The van der Waals surface area contributed by atoms with Gasteiger partial charge in [-0.25, -0.2) is 0 Å². The van der Waals surface area contributed by atoms with E-state index in [0.717, 1.165) is 5.56 Å². The van der Waals surface area contributed by atoms with Gasteiger partial charge in [0.25, 0.3) is 0 Å². The van der Waals surface area contributed by atoms with E-state index in [2.05, 4.69) is 5.10 Å². The Kier molecular flexibility index (Phi) is 3.26. The highest BCUT2D eigenvalue weighted by Crippen LogP contribution is 2.19. The molecule has 0 amide bonds. The normalized spacial score (nSPS) is 10.0. The van der Waals surface area contributed by atoms with Gasteiger partial charge >= 0.3 is 5.69 Å². The number of nitrogens with zero attached hydrogens (tertiary/aromatic N) is 4. The van der Waals surface area contributed by atoms with Gasteiger partial charge in [-0.2, -0.15) is 10.4 Å². The summed E-state index contributed by atoms with van der Waals surface area (Å²) in [5, 5.41) is 23.5. The molecule has 0 bridgehead atoms. The molecule has 0 saturated carbocycles. The molecule has 0 unspecified atom stereocenters. The number of nitriles is 1. The van der Waals surface area contributed by atoms with Crippen molar-refractivity contribution in [3.05, 3.63) is 56.9 Å². The van der Waals surface area contributed by atoms with Crippen molar-refractivity contribution in [2.75, 3.05) is 0 Å². The molecule has 0 fully saturated rings. The molecular formula is C11H7ClN4O2. The van der Waals surface area contributed by atoms with Crippen LogP contribution in [0, 0.1) is 21.4 Å². The minimum atomic E-state index is -0.510. The third-order valence-electron chi connectivity index (χ3n) is 2.34. The molecule has 0 N–H and O–H groups in total. The van der Waals surface area contributed by atoms with Gasteiger partial charge < -0.3 is 0 Å². The second-order valence-electron chi connectivity index (χ2n) is 3.57. The van der Waals surface area contributed by atoms with Gasteiger partial charge in [0.05, 0.1) is 23.1 Å². The maximum atomic E-state index is 10.5. The Balaban J connectivity index is 2.23. The quantitative estimate of drug-likeness (QED) is 0.628. The lowest BCUT2D eigenvalue weighted by molar-refractivity contribution is -0.385. The van der Waals surface area contributed by atoms with Crippen LogP contribution in [0.25, 0.3) is 0 Å². The molecule has 0 aliphatic rings. The first-order chi connectivity index (χ1) is 8.60. The van der Waals surface area contributed by atoms with Gasteiger partial charge in [-0.3, -0.25) is 14.8 Å². The fourth-order valence-electron chi connectivity index (χ4n) is 1.45. The van der Waals surface area contributed by atoms with Crippen molar-refractivity contribution < 1.29 is 4.92 Å². The minimum absolute atomic E-state index is 0.0697. The Bertz CT molecular complexity index is 645. The zero-order chi connectivity index (χ0) is 13.1. The van der Waals surface area contributed by atoms with Crippen LogP contribution in [-0.2, 0) is 6.54 Å². The Hall–Kier alpha value is -2.39. The monoisotopic (exact) mass is 262 g/mol. The van der Waals surface area contributed by atoms with Crippen molar-refractivity contribution in [3.8, 4) is 6.07 Å². The predicted molar refractivity (Wildman–Crippen MR) is 64.2 cm³/mol. The summed E-state index contributed by atoms with van der Waals surface area (Å²) in [7, 11) is 0. The molecule has 0 saturated heterocycles. The van der Waals surface area contributed by atoms with Gasteiger partial charge in [0.2, 0.25) is 0 Å². The molecule has 1 aromatic carbocycles. The highest BCUT2D eigenvalue weighted by Gasteiger charge is 2.10. The Morgan fingerprint density at radius 2 is 2.33 bits per heavy atom. The van der Waals surface area contributed by atoms with E-state index in [-0.39, 0.29) is 5.69 Å². The number of hydrogen-bond acceptors (Lipinski definition) is 4. The van der Waals surface area contributed by atoms with Crippen LogP contribution in [0.5, 0.6) is 0 Å². The average molecular weight is 263 g/mol. The van der Waals surface area contributed by atoms with E-state index < -0.39 is 4.92 Å². The van der Waals surface area contributed by atoms with E-state index in [4.69, 9.17) is 16.9 Å². The van der Waals surface area contributed by atoms with Crippen molar-refractivity contribution in [2.45, 2.75) is 6.54 Å². The fraction of sp³-hybridized carbons (Fsp3) is 0.0909. The number of rotatable bonds is 3. The molecule has 0 spiro atoms. The van der Waals surface area contributed by atoms with Crippen LogP contribution in [0.3, 0.4) is 0 Å². The number of nitro groups is 1. The lowest BCUT2D eigenvalue weighted by Gasteiger charge is -2.04. The second kappa shape index (κ2) is 4.85. The molecule has 18 heavy (non-hydrogen) atoms. The van der Waals surface area contributed by atoms with Crippen molar-refractivity contribution >= 4 is 17.3 Å². The first kappa shape index (κ1) is 12.1. The summed E-state index contributed by atoms with van der Waals surface area (Å²) >= 11 is 6.00. The maximum Gasteiger partial charge on any atom is 0.307 e. The summed E-state index contributed by atoms with van der Waals surface area (Å²) in [5.74, 6) is 0. The van der Waals surface area contributed by atoms with Gasteiger partial charge in [0.15, 0.2) is 0 Å². The van der Waals surface area contributed by atoms with Crippen LogP contribution in [0.4, 0.5) is 5.69 Å². The van der Waals surface area contributed by atoms with Gasteiger partial charge in [-0.05, 0) is 17.7 Å². The van der Waals surface area contributed by atoms with Gasteiger partial charge in [0.1, 0.15) is 12.4 Å².